The molecule has 1 aliphatic carbocycles. The number of fused-ring (bicyclic) bond motifs is 1. The number of hydrogen-bond acceptors (Lipinski definition) is 3. The normalized spacial score (nSPS) is 16.6. The van der Waals surface area contributed by atoms with E-state index in [9.17, 15) is 4.79 Å². The molecular weight excluding hydrogens is 216 g/mol. The average molecular weight is 236 g/mol. The average Bonchev–Trinajstić information content (AvgIpc) is 2.61. The monoisotopic (exact) mass is 236 g/mol. The molecule has 17 heavy (non-hydrogen) atoms. The third-order valence-electron chi connectivity index (χ3n) is 3.45. The molecule has 1 atom stereocenters. The van der Waals surface area contributed by atoms with Crippen LogP contribution in [0.25, 0.3) is 0 Å². The Morgan fingerprint density at radius 3 is 2.88 bits per heavy atom. The smallest absolute Gasteiger partial charge is 0.234 e. The van der Waals surface area contributed by atoms with Gasteiger partial charge in [0.05, 0.1) is 11.7 Å². The molecule has 1 aromatic rings. The molecule has 2 rings (SSSR count). The molecule has 0 fully saturated rings. The number of primary amides is 1. The lowest BCUT2D eigenvalue weighted by molar-refractivity contribution is -0.119. The first-order valence-electron chi connectivity index (χ1n) is 6.19. The van der Waals surface area contributed by atoms with Crippen molar-refractivity contribution in [2.75, 3.05) is 0 Å². The fourth-order valence-electron chi connectivity index (χ4n) is 2.44. The zero-order valence-corrected chi connectivity index (χ0v) is 10.3. The Balaban J connectivity index is 2.10. The molecule has 0 radical (unpaired) electrons. The standard InChI is InChI=1S/C12H20N4O/c1-8-15-10-4-2-3-5-11(10)16(8)7-6-9(13)12(14)17/h9H,2-7,13H2,1H3,(H2,14,17). The molecule has 1 unspecified atom stereocenters. The lowest BCUT2D eigenvalue weighted by atomic mass is 10.0. The predicted molar refractivity (Wildman–Crippen MR) is 65.4 cm³/mol. The van der Waals surface area contributed by atoms with Crippen LogP contribution in [0.4, 0.5) is 0 Å². The Morgan fingerprint density at radius 1 is 1.47 bits per heavy atom. The van der Waals surface area contributed by atoms with Crippen LogP contribution in [0.3, 0.4) is 0 Å². The Hall–Kier alpha value is -1.36. The minimum atomic E-state index is -0.559. The van der Waals surface area contributed by atoms with E-state index in [1.54, 1.807) is 0 Å². The van der Waals surface area contributed by atoms with Crippen molar-refractivity contribution in [1.82, 2.24) is 9.55 Å². The summed E-state index contributed by atoms with van der Waals surface area (Å²) in [6.07, 6.45) is 5.19. The molecule has 0 aromatic carbocycles. The van der Waals surface area contributed by atoms with Crippen LogP contribution in [0.1, 0.15) is 36.5 Å². The van der Waals surface area contributed by atoms with E-state index in [1.807, 2.05) is 6.92 Å². The summed E-state index contributed by atoms with van der Waals surface area (Å²) in [6.45, 7) is 2.74. The zero-order valence-electron chi connectivity index (χ0n) is 10.3. The van der Waals surface area contributed by atoms with Crippen molar-refractivity contribution >= 4 is 5.91 Å². The highest BCUT2D eigenvalue weighted by Crippen LogP contribution is 2.22. The van der Waals surface area contributed by atoms with Crippen LogP contribution in [-0.2, 0) is 24.2 Å². The first-order valence-corrected chi connectivity index (χ1v) is 6.19. The van der Waals surface area contributed by atoms with Gasteiger partial charge in [-0.25, -0.2) is 4.98 Å². The summed E-state index contributed by atoms with van der Waals surface area (Å²) in [6, 6.07) is -0.559. The van der Waals surface area contributed by atoms with Gasteiger partial charge in [0.15, 0.2) is 0 Å². The number of imidazole rings is 1. The molecule has 1 aliphatic rings. The fraction of sp³-hybridized carbons (Fsp3) is 0.667. The van der Waals surface area contributed by atoms with Crippen LogP contribution < -0.4 is 11.5 Å². The summed E-state index contributed by atoms with van der Waals surface area (Å²) in [4.78, 5) is 15.5. The number of carbonyl (C=O) groups excluding carboxylic acids is 1. The molecule has 94 valence electrons. The third kappa shape index (κ3) is 2.49. The first kappa shape index (κ1) is 12.1. The van der Waals surface area contributed by atoms with E-state index in [0.29, 0.717) is 6.42 Å². The third-order valence-corrected chi connectivity index (χ3v) is 3.45. The Kier molecular flexibility index (Phi) is 3.47. The number of hydrogen-bond donors (Lipinski definition) is 2. The van der Waals surface area contributed by atoms with E-state index in [-0.39, 0.29) is 0 Å². The molecule has 5 nitrogen and oxygen atoms in total. The number of nitrogens with zero attached hydrogens (tertiary/aromatic N) is 2. The largest absolute Gasteiger partial charge is 0.368 e. The number of aryl methyl sites for hydroxylation is 2. The van der Waals surface area contributed by atoms with Crippen LogP contribution in [0.15, 0.2) is 0 Å². The fourth-order valence-corrected chi connectivity index (χ4v) is 2.44. The summed E-state index contributed by atoms with van der Waals surface area (Å²) < 4.78 is 2.19. The number of amides is 1. The highest BCUT2D eigenvalue weighted by Gasteiger charge is 2.18. The van der Waals surface area contributed by atoms with Crippen molar-refractivity contribution in [2.24, 2.45) is 11.5 Å². The molecule has 1 amide bonds. The van der Waals surface area contributed by atoms with Gasteiger partial charge < -0.3 is 16.0 Å². The molecule has 1 heterocycles. The highest BCUT2D eigenvalue weighted by molar-refractivity contribution is 5.79. The summed E-state index contributed by atoms with van der Waals surface area (Å²) in [5.74, 6) is 0.588. The molecule has 0 saturated heterocycles. The van der Waals surface area contributed by atoms with Crippen molar-refractivity contribution in [3.8, 4) is 0 Å². The van der Waals surface area contributed by atoms with Crippen LogP contribution in [0.5, 0.6) is 0 Å². The molecule has 0 saturated carbocycles. The maximum atomic E-state index is 10.9. The van der Waals surface area contributed by atoms with E-state index >= 15 is 0 Å². The first-order chi connectivity index (χ1) is 8.09. The van der Waals surface area contributed by atoms with Gasteiger partial charge in [-0.2, -0.15) is 0 Å². The number of aromatic nitrogens is 2. The van der Waals surface area contributed by atoms with Gasteiger partial charge in [-0.15, -0.1) is 0 Å². The van der Waals surface area contributed by atoms with Crippen LogP contribution >= 0.6 is 0 Å². The van der Waals surface area contributed by atoms with Crippen molar-refractivity contribution in [3.63, 3.8) is 0 Å². The van der Waals surface area contributed by atoms with Gasteiger partial charge in [0.1, 0.15) is 5.82 Å². The van der Waals surface area contributed by atoms with Gasteiger partial charge in [-0.1, -0.05) is 0 Å². The number of nitrogens with two attached hydrogens (primary N) is 2. The van der Waals surface area contributed by atoms with Crippen LogP contribution in [0.2, 0.25) is 0 Å². The molecular formula is C12H20N4O. The second-order valence-electron chi connectivity index (χ2n) is 4.71. The summed E-state index contributed by atoms with van der Waals surface area (Å²) in [5, 5.41) is 0. The van der Waals surface area contributed by atoms with Gasteiger partial charge in [-0.3, -0.25) is 4.79 Å². The highest BCUT2D eigenvalue weighted by atomic mass is 16.1. The maximum Gasteiger partial charge on any atom is 0.234 e. The van der Waals surface area contributed by atoms with E-state index in [1.165, 1.54) is 24.2 Å². The second kappa shape index (κ2) is 4.87. The minimum absolute atomic E-state index is 0.434. The summed E-state index contributed by atoms with van der Waals surface area (Å²) in [7, 11) is 0. The molecule has 0 bridgehead atoms. The Bertz CT molecular complexity index is 424. The van der Waals surface area contributed by atoms with E-state index in [0.717, 1.165) is 25.2 Å². The topological polar surface area (TPSA) is 86.9 Å². The summed E-state index contributed by atoms with van der Waals surface area (Å²) in [5.41, 5.74) is 13.4. The number of rotatable bonds is 4. The Morgan fingerprint density at radius 2 is 2.18 bits per heavy atom. The van der Waals surface area contributed by atoms with E-state index in [2.05, 4.69) is 9.55 Å². The van der Waals surface area contributed by atoms with Gasteiger partial charge >= 0.3 is 0 Å². The quantitative estimate of drug-likeness (QED) is 0.786. The van der Waals surface area contributed by atoms with Crippen molar-refractivity contribution in [2.45, 2.75) is 51.6 Å². The minimum Gasteiger partial charge on any atom is -0.368 e. The molecule has 0 spiro atoms. The lowest BCUT2D eigenvalue weighted by Gasteiger charge is -2.15. The summed E-state index contributed by atoms with van der Waals surface area (Å²) >= 11 is 0. The van der Waals surface area contributed by atoms with Crippen molar-refractivity contribution < 1.29 is 4.79 Å². The van der Waals surface area contributed by atoms with Gasteiger partial charge in [-0.05, 0) is 39.0 Å². The van der Waals surface area contributed by atoms with Crippen LogP contribution in [-0.4, -0.2) is 21.5 Å². The van der Waals surface area contributed by atoms with Gasteiger partial charge in [0.2, 0.25) is 5.91 Å². The van der Waals surface area contributed by atoms with Crippen LogP contribution in [0, 0.1) is 6.92 Å². The van der Waals surface area contributed by atoms with Gasteiger partial charge in [0.25, 0.3) is 0 Å². The molecule has 4 N–H and O–H groups in total. The second-order valence-corrected chi connectivity index (χ2v) is 4.71. The molecule has 5 heteroatoms. The maximum absolute atomic E-state index is 10.9. The van der Waals surface area contributed by atoms with Crippen molar-refractivity contribution in [1.29, 1.82) is 0 Å². The molecule has 0 aliphatic heterocycles. The van der Waals surface area contributed by atoms with Crippen molar-refractivity contribution in [3.05, 3.63) is 17.2 Å². The predicted octanol–water partition coefficient (Wildman–Crippen LogP) is 0.273. The van der Waals surface area contributed by atoms with E-state index < -0.39 is 11.9 Å². The Labute approximate surface area is 101 Å². The molecule has 1 aromatic heterocycles. The number of carbonyl (C=O) groups is 1. The zero-order chi connectivity index (χ0) is 12.4. The van der Waals surface area contributed by atoms with Gasteiger partial charge in [0, 0.05) is 12.2 Å². The lowest BCUT2D eigenvalue weighted by Crippen LogP contribution is -2.37. The van der Waals surface area contributed by atoms with E-state index in [4.69, 9.17) is 11.5 Å². The SMILES string of the molecule is Cc1nc2c(n1CCC(N)C(N)=O)CCCC2.